The number of hydrogen-bond acceptors (Lipinski definition) is 6. The minimum atomic E-state index is -0.527. The summed E-state index contributed by atoms with van der Waals surface area (Å²) in [6.45, 7) is 2.02. The van der Waals surface area contributed by atoms with Crippen molar-refractivity contribution >= 4 is 11.5 Å². The molecule has 0 amide bonds. The zero-order chi connectivity index (χ0) is 18.4. The van der Waals surface area contributed by atoms with Gasteiger partial charge in [-0.3, -0.25) is 10.1 Å². The summed E-state index contributed by atoms with van der Waals surface area (Å²) in [4.78, 5) is 19.0. The topological polar surface area (TPSA) is 90.2 Å². The fourth-order valence-electron chi connectivity index (χ4n) is 2.66. The Morgan fingerprint density at radius 2 is 1.62 bits per heavy atom. The molecule has 1 N–H and O–H groups in total. The highest BCUT2D eigenvalue weighted by Gasteiger charge is 2.27. The van der Waals surface area contributed by atoms with E-state index in [0.717, 1.165) is 11.1 Å². The number of nitro groups is 1. The Balaban J connectivity index is 2.05. The lowest BCUT2D eigenvalue weighted by Gasteiger charge is -2.20. The van der Waals surface area contributed by atoms with Crippen LogP contribution < -0.4 is 10.1 Å². The molecule has 0 aliphatic rings. The molecule has 7 heteroatoms. The molecule has 132 valence electrons. The molecule has 0 atom stereocenters. The van der Waals surface area contributed by atoms with Gasteiger partial charge in [0.2, 0.25) is 5.82 Å². The van der Waals surface area contributed by atoms with E-state index in [9.17, 15) is 10.1 Å². The van der Waals surface area contributed by atoms with E-state index < -0.39 is 4.92 Å². The van der Waals surface area contributed by atoms with E-state index in [1.54, 1.807) is 6.92 Å². The highest BCUT2D eigenvalue weighted by atomic mass is 16.6. The number of benzene rings is 2. The standard InChI is InChI=1S/C19H18N4O3/c1-2-26-19-17(23(24)25)18(20-13-21-19)22-16(14-9-5-3-6-10-14)15-11-7-4-8-12-15/h3-13,16H,2H2,1H3,(H,20,21,22). The Bertz CT molecular complexity index is 833. The number of ether oxygens (including phenoxy) is 1. The van der Waals surface area contributed by atoms with Crippen molar-refractivity contribution < 1.29 is 9.66 Å². The fourth-order valence-corrected chi connectivity index (χ4v) is 2.66. The van der Waals surface area contributed by atoms with E-state index >= 15 is 0 Å². The van der Waals surface area contributed by atoms with Crippen molar-refractivity contribution in [3.8, 4) is 5.88 Å². The number of rotatable bonds is 7. The molecule has 0 saturated heterocycles. The molecule has 3 rings (SSSR count). The van der Waals surface area contributed by atoms with E-state index in [1.807, 2.05) is 60.7 Å². The van der Waals surface area contributed by atoms with E-state index in [2.05, 4.69) is 15.3 Å². The van der Waals surface area contributed by atoms with Gasteiger partial charge in [-0.2, -0.15) is 4.98 Å². The minimum absolute atomic E-state index is 0.0464. The average molecular weight is 350 g/mol. The second-order valence-corrected chi connectivity index (χ2v) is 5.46. The molecule has 1 aromatic heterocycles. The molecule has 0 saturated carbocycles. The lowest BCUT2D eigenvalue weighted by molar-refractivity contribution is -0.385. The molecule has 2 aromatic carbocycles. The van der Waals surface area contributed by atoms with E-state index in [4.69, 9.17) is 4.74 Å². The maximum absolute atomic E-state index is 11.6. The third-order valence-corrected chi connectivity index (χ3v) is 3.80. The van der Waals surface area contributed by atoms with Crippen LogP contribution in [0.15, 0.2) is 67.0 Å². The smallest absolute Gasteiger partial charge is 0.372 e. The van der Waals surface area contributed by atoms with Gasteiger partial charge in [-0.25, -0.2) is 4.98 Å². The SMILES string of the molecule is CCOc1ncnc(NC(c2ccccc2)c2ccccc2)c1[N+](=O)[O-]. The monoisotopic (exact) mass is 350 g/mol. The normalized spacial score (nSPS) is 10.5. The molecule has 0 radical (unpaired) electrons. The van der Waals surface area contributed by atoms with Gasteiger partial charge in [-0.05, 0) is 18.1 Å². The van der Waals surface area contributed by atoms with Gasteiger partial charge < -0.3 is 10.1 Å². The average Bonchev–Trinajstić information content (AvgIpc) is 2.67. The van der Waals surface area contributed by atoms with Gasteiger partial charge in [-0.1, -0.05) is 60.7 Å². The Morgan fingerprint density at radius 3 is 2.12 bits per heavy atom. The predicted molar refractivity (Wildman–Crippen MR) is 98.2 cm³/mol. The molecule has 26 heavy (non-hydrogen) atoms. The molecule has 0 bridgehead atoms. The van der Waals surface area contributed by atoms with Crippen LogP contribution in [0.3, 0.4) is 0 Å². The van der Waals surface area contributed by atoms with E-state index in [1.165, 1.54) is 6.33 Å². The van der Waals surface area contributed by atoms with Crippen LogP contribution in [0.4, 0.5) is 11.5 Å². The lowest BCUT2D eigenvalue weighted by Crippen LogP contribution is -2.15. The molecular weight excluding hydrogens is 332 g/mol. The quantitative estimate of drug-likeness (QED) is 0.512. The van der Waals surface area contributed by atoms with Gasteiger partial charge in [0.1, 0.15) is 6.33 Å². The highest BCUT2D eigenvalue weighted by molar-refractivity contribution is 5.63. The molecule has 0 aliphatic heterocycles. The van der Waals surface area contributed by atoms with Crippen LogP contribution in [0, 0.1) is 10.1 Å². The summed E-state index contributed by atoms with van der Waals surface area (Å²) in [5.41, 5.74) is 1.65. The van der Waals surface area contributed by atoms with Crippen molar-refractivity contribution in [2.24, 2.45) is 0 Å². The Kier molecular flexibility index (Phi) is 5.38. The van der Waals surface area contributed by atoms with Gasteiger partial charge in [-0.15, -0.1) is 0 Å². The maximum atomic E-state index is 11.6. The summed E-state index contributed by atoms with van der Waals surface area (Å²) < 4.78 is 5.30. The zero-order valence-electron chi connectivity index (χ0n) is 14.2. The third kappa shape index (κ3) is 3.77. The number of hydrogen-bond donors (Lipinski definition) is 1. The van der Waals surface area contributed by atoms with Crippen molar-refractivity contribution in [3.05, 3.63) is 88.2 Å². The molecule has 0 spiro atoms. The molecule has 0 aliphatic carbocycles. The van der Waals surface area contributed by atoms with Crippen LogP contribution in [0.1, 0.15) is 24.1 Å². The second kappa shape index (κ2) is 8.06. The summed E-state index contributed by atoms with van der Waals surface area (Å²) in [5, 5.41) is 14.8. The minimum Gasteiger partial charge on any atom is -0.473 e. The number of nitrogens with one attached hydrogen (secondary N) is 1. The van der Waals surface area contributed by atoms with Crippen molar-refractivity contribution in [1.29, 1.82) is 0 Å². The summed E-state index contributed by atoms with van der Waals surface area (Å²) in [6.07, 6.45) is 1.26. The van der Waals surface area contributed by atoms with Crippen LogP contribution in [0.25, 0.3) is 0 Å². The largest absolute Gasteiger partial charge is 0.473 e. The summed E-state index contributed by atoms with van der Waals surface area (Å²) in [6, 6.07) is 19.1. The third-order valence-electron chi connectivity index (χ3n) is 3.80. The first-order valence-corrected chi connectivity index (χ1v) is 8.19. The van der Waals surface area contributed by atoms with Crippen molar-refractivity contribution in [2.75, 3.05) is 11.9 Å². The van der Waals surface area contributed by atoms with Gasteiger partial charge in [0, 0.05) is 0 Å². The summed E-state index contributed by atoms with van der Waals surface area (Å²) >= 11 is 0. The van der Waals surface area contributed by atoms with Gasteiger partial charge >= 0.3 is 5.69 Å². The van der Waals surface area contributed by atoms with Crippen molar-refractivity contribution in [1.82, 2.24) is 9.97 Å². The first kappa shape index (κ1) is 17.3. The molecule has 3 aromatic rings. The van der Waals surface area contributed by atoms with Gasteiger partial charge in [0.05, 0.1) is 17.6 Å². The second-order valence-electron chi connectivity index (χ2n) is 5.46. The van der Waals surface area contributed by atoms with Gasteiger partial charge in [0.15, 0.2) is 0 Å². The predicted octanol–water partition coefficient (Wildman–Crippen LogP) is 3.99. The Labute approximate surface area is 150 Å². The lowest BCUT2D eigenvalue weighted by atomic mass is 9.99. The highest BCUT2D eigenvalue weighted by Crippen LogP contribution is 2.34. The molecule has 0 unspecified atom stereocenters. The van der Waals surface area contributed by atoms with Crippen LogP contribution >= 0.6 is 0 Å². The molecular formula is C19H18N4O3. The number of aromatic nitrogens is 2. The number of nitrogens with zero attached hydrogens (tertiary/aromatic N) is 3. The van der Waals surface area contributed by atoms with Crippen LogP contribution in [-0.2, 0) is 0 Å². The van der Waals surface area contributed by atoms with Gasteiger partial charge in [0.25, 0.3) is 5.88 Å². The first-order chi connectivity index (χ1) is 12.7. The molecule has 0 fully saturated rings. The molecule has 7 nitrogen and oxygen atoms in total. The van der Waals surface area contributed by atoms with Crippen LogP contribution in [-0.4, -0.2) is 21.5 Å². The Morgan fingerprint density at radius 1 is 1.04 bits per heavy atom. The van der Waals surface area contributed by atoms with Crippen molar-refractivity contribution in [3.63, 3.8) is 0 Å². The van der Waals surface area contributed by atoms with Crippen LogP contribution in [0.5, 0.6) is 5.88 Å². The fraction of sp³-hybridized carbons (Fsp3) is 0.158. The molecule has 1 heterocycles. The summed E-state index contributed by atoms with van der Waals surface area (Å²) in [5.74, 6) is 0.0704. The van der Waals surface area contributed by atoms with E-state index in [0.29, 0.717) is 0 Å². The summed E-state index contributed by atoms with van der Waals surface area (Å²) in [7, 11) is 0. The maximum Gasteiger partial charge on any atom is 0.372 e. The van der Waals surface area contributed by atoms with E-state index in [-0.39, 0.29) is 30.0 Å². The Hall–Kier alpha value is -3.48. The first-order valence-electron chi connectivity index (χ1n) is 8.19. The van der Waals surface area contributed by atoms with Crippen molar-refractivity contribution in [2.45, 2.75) is 13.0 Å². The van der Waals surface area contributed by atoms with Crippen LogP contribution in [0.2, 0.25) is 0 Å². The zero-order valence-corrected chi connectivity index (χ0v) is 14.2. The number of anilines is 1.